The highest BCUT2D eigenvalue weighted by molar-refractivity contribution is 8.01. The van der Waals surface area contributed by atoms with Crippen molar-refractivity contribution >= 4 is 17.7 Å². The fraction of sp³-hybridized carbons (Fsp3) is 0.235. The van der Waals surface area contributed by atoms with E-state index in [0.717, 1.165) is 16.0 Å². The molecule has 0 spiro atoms. The smallest absolute Gasteiger partial charge is 0.319 e. The Morgan fingerprint density at radius 2 is 2.13 bits per heavy atom. The summed E-state index contributed by atoms with van der Waals surface area (Å²) in [5.41, 5.74) is 2.06. The van der Waals surface area contributed by atoms with E-state index >= 15 is 0 Å². The van der Waals surface area contributed by atoms with Gasteiger partial charge in [0.25, 0.3) is 0 Å². The van der Waals surface area contributed by atoms with Crippen LogP contribution >= 0.6 is 11.8 Å². The van der Waals surface area contributed by atoms with E-state index in [9.17, 15) is 9.90 Å². The Labute approximate surface area is 138 Å². The van der Waals surface area contributed by atoms with Crippen molar-refractivity contribution in [2.75, 3.05) is 7.11 Å². The second-order valence-corrected chi connectivity index (χ2v) is 6.98. The molecule has 23 heavy (non-hydrogen) atoms. The number of carbonyl (C=O) groups is 1. The molecule has 1 aromatic heterocycles. The lowest BCUT2D eigenvalue weighted by Gasteiger charge is -2.20. The normalized spacial score (nSPS) is 10.9. The van der Waals surface area contributed by atoms with Gasteiger partial charge < -0.3 is 9.84 Å². The highest BCUT2D eigenvalue weighted by Crippen LogP contribution is 2.39. The monoisotopic (exact) mass is 328 g/mol. The number of pyridine rings is 1. The van der Waals surface area contributed by atoms with E-state index in [1.807, 2.05) is 0 Å². The number of hydrogen-bond acceptors (Lipinski definition) is 5. The summed E-state index contributed by atoms with van der Waals surface area (Å²) in [4.78, 5) is 16.3. The van der Waals surface area contributed by atoms with Gasteiger partial charge in [-0.3, -0.25) is 9.78 Å². The van der Waals surface area contributed by atoms with Crippen LogP contribution in [-0.2, 0) is 4.79 Å². The molecule has 0 aliphatic heterocycles. The molecule has 0 saturated carbocycles. The van der Waals surface area contributed by atoms with Crippen molar-refractivity contribution in [2.24, 2.45) is 0 Å². The van der Waals surface area contributed by atoms with Crippen LogP contribution in [-0.4, -0.2) is 27.9 Å². The van der Waals surface area contributed by atoms with Crippen molar-refractivity contribution in [3.8, 4) is 22.9 Å². The molecule has 2 rings (SSSR count). The van der Waals surface area contributed by atoms with Crippen LogP contribution in [0.15, 0.2) is 41.6 Å². The highest BCUT2D eigenvalue weighted by Gasteiger charge is 2.29. The average molecular weight is 328 g/mol. The summed E-state index contributed by atoms with van der Waals surface area (Å²) >= 11 is 1.25. The first-order chi connectivity index (χ1) is 10.9. The summed E-state index contributed by atoms with van der Waals surface area (Å²) in [5.74, 6) is -0.412. The number of rotatable bonds is 5. The Balaban J connectivity index is 2.49. The molecule has 0 fully saturated rings. The zero-order chi connectivity index (χ0) is 17.0. The first-order valence-electron chi connectivity index (χ1n) is 6.84. The van der Waals surface area contributed by atoms with Crippen LogP contribution in [0, 0.1) is 11.3 Å². The van der Waals surface area contributed by atoms with Gasteiger partial charge >= 0.3 is 5.97 Å². The van der Waals surface area contributed by atoms with Crippen molar-refractivity contribution in [3.05, 3.63) is 42.2 Å². The van der Waals surface area contributed by atoms with Crippen LogP contribution in [0.25, 0.3) is 11.1 Å². The lowest BCUT2D eigenvalue weighted by atomic mass is 10.0. The molecule has 5 nitrogen and oxygen atoms in total. The van der Waals surface area contributed by atoms with E-state index in [2.05, 4.69) is 11.1 Å². The molecule has 0 aliphatic rings. The predicted molar refractivity (Wildman–Crippen MR) is 88.5 cm³/mol. The molecule has 1 N–H and O–H groups in total. The first-order valence-corrected chi connectivity index (χ1v) is 7.65. The minimum atomic E-state index is -0.965. The van der Waals surface area contributed by atoms with E-state index in [-0.39, 0.29) is 0 Å². The summed E-state index contributed by atoms with van der Waals surface area (Å²) in [6.07, 6.45) is 3.31. The van der Waals surface area contributed by atoms with Gasteiger partial charge in [0.1, 0.15) is 16.6 Å². The molecule has 0 saturated heterocycles. The Morgan fingerprint density at radius 3 is 2.74 bits per heavy atom. The minimum absolute atomic E-state index is 0.445. The lowest BCUT2D eigenvalue weighted by Crippen LogP contribution is -2.27. The molecule has 0 unspecified atom stereocenters. The maximum Gasteiger partial charge on any atom is 0.319 e. The van der Waals surface area contributed by atoms with Crippen LogP contribution in [0.4, 0.5) is 0 Å². The Hall–Kier alpha value is -2.52. The zero-order valence-electron chi connectivity index (χ0n) is 13.0. The SMILES string of the molecule is COc1cc(-c2cnccc2SC(C)(C)C(=O)O)ccc1C#N. The number of benzene rings is 1. The highest BCUT2D eigenvalue weighted by atomic mass is 32.2. The summed E-state index contributed by atoms with van der Waals surface area (Å²) in [7, 11) is 1.51. The van der Waals surface area contributed by atoms with Crippen molar-refractivity contribution in [1.29, 1.82) is 5.26 Å². The minimum Gasteiger partial charge on any atom is -0.495 e. The van der Waals surface area contributed by atoms with Gasteiger partial charge in [-0.25, -0.2) is 0 Å². The number of carboxylic acids is 1. The number of aromatic nitrogens is 1. The third-order valence-electron chi connectivity index (χ3n) is 3.29. The standard InChI is InChI=1S/C17H16N2O3S/c1-17(2,16(20)21)23-15-6-7-19-10-13(15)11-4-5-12(9-18)14(8-11)22-3/h4-8,10H,1-3H3,(H,20,21). The first kappa shape index (κ1) is 16.8. The quantitative estimate of drug-likeness (QED) is 0.845. The average Bonchev–Trinajstić information content (AvgIpc) is 2.54. The molecule has 1 aromatic carbocycles. The second-order valence-electron chi connectivity index (χ2n) is 5.32. The van der Waals surface area contributed by atoms with Crippen LogP contribution in [0.1, 0.15) is 19.4 Å². The van der Waals surface area contributed by atoms with Crippen LogP contribution < -0.4 is 4.74 Å². The van der Waals surface area contributed by atoms with Crippen molar-refractivity contribution < 1.29 is 14.6 Å². The van der Waals surface area contributed by atoms with Gasteiger partial charge in [-0.05, 0) is 37.6 Å². The fourth-order valence-corrected chi connectivity index (χ4v) is 3.00. The molecular formula is C17H16N2O3S. The number of hydrogen-bond donors (Lipinski definition) is 1. The largest absolute Gasteiger partial charge is 0.495 e. The number of aliphatic carboxylic acids is 1. The van der Waals surface area contributed by atoms with Crippen LogP contribution in [0.3, 0.4) is 0 Å². The van der Waals surface area contributed by atoms with Crippen molar-refractivity contribution in [3.63, 3.8) is 0 Å². The Morgan fingerprint density at radius 1 is 1.39 bits per heavy atom. The van der Waals surface area contributed by atoms with E-state index in [1.165, 1.54) is 18.9 Å². The van der Waals surface area contributed by atoms with Gasteiger partial charge in [-0.2, -0.15) is 5.26 Å². The molecular weight excluding hydrogens is 312 g/mol. The third-order valence-corrected chi connectivity index (χ3v) is 4.56. The number of ether oxygens (including phenoxy) is 1. The molecule has 6 heteroatoms. The number of thioether (sulfide) groups is 1. The van der Waals surface area contributed by atoms with Crippen LogP contribution in [0.2, 0.25) is 0 Å². The lowest BCUT2D eigenvalue weighted by molar-refractivity contribution is -0.138. The zero-order valence-corrected chi connectivity index (χ0v) is 13.8. The summed E-state index contributed by atoms with van der Waals surface area (Å²) in [6.45, 7) is 3.31. The molecule has 2 aromatic rings. The van der Waals surface area contributed by atoms with E-state index < -0.39 is 10.7 Å². The molecule has 1 heterocycles. The molecule has 0 amide bonds. The van der Waals surface area contributed by atoms with E-state index in [1.54, 1.807) is 50.5 Å². The maximum absolute atomic E-state index is 11.4. The molecule has 0 atom stereocenters. The topological polar surface area (TPSA) is 83.2 Å². The van der Waals surface area contributed by atoms with Gasteiger partial charge in [0.15, 0.2) is 0 Å². The van der Waals surface area contributed by atoms with Gasteiger partial charge in [0.05, 0.1) is 12.7 Å². The van der Waals surface area contributed by atoms with Crippen molar-refractivity contribution in [2.45, 2.75) is 23.5 Å². The van der Waals surface area contributed by atoms with Gasteiger partial charge in [-0.15, -0.1) is 11.8 Å². The molecule has 118 valence electrons. The van der Waals surface area contributed by atoms with Gasteiger partial charge in [-0.1, -0.05) is 6.07 Å². The Kier molecular flexibility index (Phi) is 4.92. The van der Waals surface area contributed by atoms with E-state index in [4.69, 9.17) is 10.00 Å². The summed E-state index contributed by atoms with van der Waals surface area (Å²) in [5, 5.41) is 18.4. The molecule has 0 radical (unpaired) electrons. The molecule has 0 bridgehead atoms. The van der Waals surface area contributed by atoms with Gasteiger partial charge in [0.2, 0.25) is 0 Å². The van der Waals surface area contributed by atoms with E-state index in [0.29, 0.717) is 11.3 Å². The molecule has 0 aliphatic carbocycles. The number of nitriles is 1. The third kappa shape index (κ3) is 3.63. The summed E-state index contributed by atoms with van der Waals surface area (Å²) in [6, 6.07) is 9.09. The maximum atomic E-state index is 11.4. The number of carboxylic acid groups (broad SMARTS) is 1. The number of nitrogens with zero attached hydrogens (tertiary/aromatic N) is 2. The Bertz CT molecular complexity index is 782. The second kappa shape index (κ2) is 6.71. The summed E-state index contributed by atoms with van der Waals surface area (Å²) < 4.78 is 4.27. The van der Waals surface area contributed by atoms with Gasteiger partial charge in [0, 0.05) is 22.9 Å². The van der Waals surface area contributed by atoms with Crippen LogP contribution in [0.5, 0.6) is 5.75 Å². The fourth-order valence-electron chi connectivity index (χ4n) is 1.96. The predicted octanol–water partition coefficient (Wildman–Crippen LogP) is 3.58. The van der Waals surface area contributed by atoms with Crippen molar-refractivity contribution in [1.82, 2.24) is 4.98 Å². The number of methoxy groups -OCH3 is 1.